The van der Waals surface area contributed by atoms with E-state index < -0.39 is 36.3 Å². The normalized spacial score (nSPS) is 18.4. The van der Waals surface area contributed by atoms with Crippen molar-refractivity contribution in [2.75, 3.05) is 19.6 Å². The maximum absolute atomic E-state index is 12.7. The number of hydrogen-bond acceptors (Lipinski definition) is 4. The summed E-state index contributed by atoms with van der Waals surface area (Å²) in [6.07, 6.45) is -4.61. The second-order valence-corrected chi connectivity index (χ2v) is 5.80. The highest BCUT2D eigenvalue weighted by Crippen LogP contribution is 2.28. The Hall–Kier alpha value is -2.59. The molecule has 0 radical (unpaired) electrons. The highest BCUT2D eigenvalue weighted by Gasteiger charge is 2.37. The molecule has 1 fully saturated rings. The molecule has 25 heavy (non-hydrogen) atoms. The molecule has 1 aromatic rings. The van der Waals surface area contributed by atoms with E-state index in [4.69, 9.17) is 5.73 Å². The van der Waals surface area contributed by atoms with Crippen LogP contribution in [0, 0.1) is 6.92 Å². The Kier molecular flexibility index (Phi) is 5.04. The number of primary amides is 1. The molecule has 1 aliphatic rings. The summed E-state index contributed by atoms with van der Waals surface area (Å²) in [6.45, 7) is 2.53. The van der Waals surface area contributed by atoms with Gasteiger partial charge in [-0.2, -0.15) is 18.3 Å². The van der Waals surface area contributed by atoms with E-state index in [1.807, 2.05) is 0 Å². The summed E-state index contributed by atoms with van der Waals surface area (Å²) in [5, 5.41) is 3.39. The van der Waals surface area contributed by atoms with Crippen LogP contribution in [0.1, 0.15) is 18.3 Å². The first-order valence-corrected chi connectivity index (χ1v) is 7.46. The summed E-state index contributed by atoms with van der Waals surface area (Å²) in [4.78, 5) is 38.0. The number of alkyl halides is 3. The number of amides is 3. The number of carbonyl (C=O) groups is 3. The number of halogens is 3. The van der Waals surface area contributed by atoms with E-state index in [-0.39, 0.29) is 31.2 Å². The molecule has 1 atom stereocenters. The SMILES string of the molecule is CC(=O)N1CCN(C(=O)Cn2nc(C(F)(F)F)cc2C)C(C(N)=O)C1. The monoisotopic (exact) mass is 361 g/mol. The molecular weight excluding hydrogens is 343 g/mol. The number of hydrogen-bond donors (Lipinski definition) is 1. The first-order chi connectivity index (χ1) is 11.5. The molecule has 1 aliphatic heterocycles. The Morgan fingerprint density at radius 1 is 1.32 bits per heavy atom. The van der Waals surface area contributed by atoms with Gasteiger partial charge in [0.2, 0.25) is 17.7 Å². The Morgan fingerprint density at radius 3 is 2.44 bits per heavy atom. The first kappa shape index (κ1) is 18.7. The average molecular weight is 361 g/mol. The van der Waals surface area contributed by atoms with Crippen LogP contribution in [0.2, 0.25) is 0 Å². The fourth-order valence-corrected chi connectivity index (χ4v) is 2.64. The van der Waals surface area contributed by atoms with E-state index >= 15 is 0 Å². The van der Waals surface area contributed by atoms with Crippen LogP contribution in [-0.4, -0.2) is 63.0 Å². The highest BCUT2D eigenvalue weighted by atomic mass is 19.4. The Bertz CT molecular complexity index is 700. The van der Waals surface area contributed by atoms with Gasteiger partial charge in [-0.15, -0.1) is 0 Å². The van der Waals surface area contributed by atoms with Crippen LogP contribution < -0.4 is 5.73 Å². The summed E-state index contributed by atoms with van der Waals surface area (Å²) in [5.41, 5.74) is 4.37. The zero-order valence-corrected chi connectivity index (χ0v) is 13.7. The average Bonchev–Trinajstić information content (AvgIpc) is 2.87. The van der Waals surface area contributed by atoms with Crippen molar-refractivity contribution in [3.05, 3.63) is 17.5 Å². The second-order valence-electron chi connectivity index (χ2n) is 5.80. The van der Waals surface area contributed by atoms with Crippen LogP contribution in [0.15, 0.2) is 6.07 Å². The van der Waals surface area contributed by atoms with Gasteiger partial charge in [0.25, 0.3) is 0 Å². The van der Waals surface area contributed by atoms with Gasteiger partial charge < -0.3 is 15.5 Å². The topological polar surface area (TPSA) is 102 Å². The van der Waals surface area contributed by atoms with Gasteiger partial charge in [0.1, 0.15) is 12.6 Å². The second kappa shape index (κ2) is 6.73. The lowest BCUT2D eigenvalue weighted by molar-refractivity contribution is -0.147. The fourth-order valence-electron chi connectivity index (χ4n) is 2.64. The zero-order valence-electron chi connectivity index (χ0n) is 13.7. The van der Waals surface area contributed by atoms with Crippen LogP contribution in [0.3, 0.4) is 0 Å². The highest BCUT2D eigenvalue weighted by molar-refractivity contribution is 5.88. The zero-order chi connectivity index (χ0) is 18.9. The number of nitrogens with zero attached hydrogens (tertiary/aromatic N) is 4. The Balaban J connectivity index is 2.16. The van der Waals surface area contributed by atoms with Gasteiger partial charge >= 0.3 is 6.18 Å². The molecule has 0 aliphatic carbocycles. The lowest BCUT2D eigenvalue weighted by atomic mass is 10.1. The summed E-state index contributed by atoms with van der Waals surface area (Å²) in [6, 6.07) is -0.185. The van der Waals surface area contributed by atoms with E-state index in [9.17, 15) is 27.6 Å². The predicted octanol–water partition coefficient (Wildman–Crippen LogP) is -0.245. The molecule has 1 aromatic heterocycles. The van der Waals surface area contributed by atoms with Crippen molar-refractivity contribution in [2.24, 2.45) is 5.73 Å². The van der Waals surface area contributed by atoms with Crippen LogP contribution in [0.25, 0.3) is 0 Å². The molecule has 0 saturated carbocycles. The largest absolute Gasteiger partial charge is 0.435 e. The number of carbonyl (C=O) groups excluding carboxylic acids is 3. The Labute approximate surface area is 141 Å². The molecule has 2 rings (SSSR count). The molecule has 0 spiro atoms. The summed E-state index contributed by atoms with van der Waals surface area (Å²) in [7, 11) is 0. The summed E-state index contributed by atoms with van der Waals surface area (Å²) < 4.78 is 39.0. The standard InChI is InChI=1S/C14H18F3N5O3/c1-8-5-11(14(15,16)17)19-22(8)7-12(24)21-4-3-20(9(2)23)6-10(21)13(18)25/h5,10H,3-4,6-7H2,1-2H3,(H2,18,25). The van der Waals surface area contributed by atoms with E-state index in [1.54, 1.807) is 0 Å². The van der Waals surface area contributed by atoms with Gasteiger partial charge in [-0.05, 0) is 13.0 Å². The molecule has 1 saturated heterocycles. The first-order valence-electron chi connectivity index (χ1n) is 7.46. The molecule has 138 valence electrons. The number of aromatic nitrogens is 2. The summed E-state index contributed by atoms with van der Waals surface area (Å²) >= 11 is 0. The number of rotatable bonds is 3. The van der Waals surface area contributed by atoms with Crippen LogP contribution in [0.4, 0.5) is 13.2 Å². The third-order valence-electron chi connectivity index (χ3n) is 4.03. The molecule has 2 heterocycles. The van der Waals surface area contributed by atoms with Crippen molar-refractivity contribution in [3.8, 4) is 0 Å². The molecule has 11 heteroatoms. The van der Waals surface area contributed by atoms with E-state index in [2.05, 4.69) is 5.10 Å². The van der Waals surface area contributed by atoms with Crippen molar-refractivity contribution in [2.45, 2.75) is 32.6 Å². The van der Waals surface area contributed by atoms with E-state index in [0.717, 1.165) is 10.7 Å². The van der Waals surface area contributed by atoms with Gasteiger partial charge in [-0.3, -0.25) is 19.1 Å². The van der Waals surface area contributed by atoms with E-state index in [0.29, 0.717) is 0 Å². The third-order valence-corrected chi connectivity index (χ3v) is 4.03. The van der Waals surface area contributed by atoms with Gasteiger partial charge in [0.15, 0.2) is 5.69 Å². The minimum atomic E-state index is -4.61. The minimum absolute atomic E-state index is 0.0394. The molecule has 3 amide bonds. The number of nitrogens with two attached hydrogens (primary N) is 1. The third kappa shape index (κ3) is 4.09. The Morgan fingerprint density at radius 2 is 1.96 bits per heavy atom. The minimum Gasteiger partial charge on any atom is -0.368 e. The van der Waals surface area contributed by atoms with Crippen molar-refractivity contribution in [3.63, 3.8) is 0 Å². The van der Waals surface area contributed by atoms with Crippen LogP contribution >= 0.6 is 0 Å². The number of piperazine rings is 1. The fraction of sp³-hybridized carbons (Fsp3) is 0.571. The molecule has 1 unspecified atom stereocenters. The van der Waals surface area contributed by atoms with Gasteiger partial charge in [-0.1, -0.05) is 0 Å². The lowest BCUT2D eigenvalue weighted by Crippen LogP contribution is -2.61. The quantitative estimate of drug-likeness (QED) is 0.802. The van der Waals surface area contributed by atoms with Crippen LogP contribution in [-0.2, 0) is 27.1 Å². The maximum atomic E-state index is 12.7. The smallest absolute Gasteiger partial charge is 0.368 e. The maximum Gasteiger partial charge on any atom is 0.435 e. The number of aryl methyl sites for hydroxylation is 1. The van der Waals surface area contributed by atoms with Crippen molar-refractivity contribution >= 4 is 17.7 Å². The van der Waals surface area contributed by atoms with Crippen molar-refractivity contribution < 1.29 is 27.6 Å². The summed E-state index contributed by atoms with van der Waals surface area (Å²) in [5.74, 6) is -1.63. The van der Waals surface area contributed by atoms with E-state index in [1.165, 1.54) is 23.6 Å². The predicted molar refractivity (Wildman–Crippen MR) is 78.9 cm³/mol. The van der Waals surface area contributed by atoms with Gasteiger partial charge in [0.05, 0.1) is 6.54 Å². The van der Waals surface area contributed by atoms with Crippen LogP contribution in [0.5, 0.6) is 0 Å². The van der Waals surface area contributed by atoms with Crippen molar-refractivity contribution in [1.29, 1.82) is 0 Å². The van der Waals surface area contributed by atoms with Gasteiger partial charge in [0, 0.05) is 25.7 Å². The molecule has 0 bridgehead atoms. The van der Waals surface area contributed by atoms with Crippen molar-refractivity contribution in [1.82, 2.24) is 19.6 Å². The molecule has 2 N–H and O–H groups in total. The van der Waals surface area contributed by atoms with Gasteiger partial charge in [-0.25, -0.2) is 0 Å². The molecule has 8 nitrogen and oxygen atoms in total. The molecule has 0 aromatic carbocycles. The lowest BCUT2D eigenvalue weighted by Gasteiger charge is -2.39. The molecular formula is C14H18F3N5O3.